The highest BCUT2D eigenvalue weighted by molar-refractivity contribution is 5.92. The van der Waals surface area contributed by atoms with Crippen LogP contribution in [0.25, 0.3) is 0 Å². The number of allylic oxidation sites excluding steroid dienone is 4. The molecule has 0 heterocycles. The van der Waals surface area contributed by atoms with E-state index in [1.807, 2.05) is 25.1 Å². The Kier molecular flexibility index (Phi) is 5.87. The molecule has 6 atom stereocenters. The minimum absolute atomic E-state index is 0.122. The summed E-state index contributed by atoms with van der Waals surface area (Å²) in [6, 6.07) is 8.43. The van der Waals surface area contributed by atoms with Gasteiger partial charge in [-0.1, -0.05) is 31.2 Å². The molecular formula is C30H38O3. The molecular weight excluding hydrogens is 408 g/mol. The highest BCUT2D eigenvalue weighted by Gasteiger charge is 2.60. The molecule has 0 aliphatic heterocycles. The van der Waals surface area contributed by atoms with E-state index in [9.17, 15) is 9.59 Å². The Morgan fingerprint density at radius 1 is 1.09 bits per heavy atom. The van der Waals surface area contributed by atoms with Gasteiger partial charge in [0.25, 0.3) is 0 Å². The largest absolute Gasteiger partial charge is 0.497 e. The Labute approximate surface area is 198 Å². The second-order valence-corrected chi connectivity index (χ2v) is 11.3. The number of aryl methyl sites for hydroxylation is 1. The molecule has 5 rings (SSSR count). The van der Waals surface area contributed by atoms with Crippen molar-refractivity contribution >= 4 is 11.6 Å². The van der Waals surface area contributed by atoms with Crippen LogP contribution in [0.1, 0.15) is 70.8 Å². The molecule has 0 aromatic heterocycles. The fourth-order valence-corrected chi connectivity index (χ4v) is 8.32. The molecule has 1 aromatic rings. The molecule has 33 heavy (non-hydrogen) atoms. The van der Waals surface area contributed by atoms with E-state index < -0.39 is 0 Å². The number of Topliss-reactive ketones (excluding diaryl/α,β-unsaturated/α-hetero) is 1. The number of carbonyl (C=O) groups excluding carboxylic acids is 2. The molecule has 0 radical (unpaired) electrons. The Morgan fingerprint density at radius 3 is 2.61 bits per heavy atom. The predicted molar refractivity (Wildman–Crippen MR) is 131 cm³/mol. The first-order valence-corrected chi connectivity index (χ1v) is 12.9. The maximum atomic E-state index is 12.8. The third-order valence-corrected chi connectivity index (χ3v) is 9.99. The molecule has 4 aliphatic rings. The summed E-state index contributed by atoms with van der Waals surface area (Å²) >= 11 is 0. The van der Waals surface area contributed by atoms with Crippen molar-refractivity contribution in [1.29, 1.82) is 0 Å². The van der Waals surface area contributed by atoms with E-state index in [0.717, 1.165) is 44.3 Å². The van der Waals surface area contributed by atoms with Crippen molar-refractivity contribution in [2.75, 3.05) is 7.11 Å². The van der Waals surface area contributed by atoms with Gasteiger partial charge >= 0.3 is 0 Å². The quantitative estimate of drug-likeness (QED) is 0.500. The molecule has 2 saturated carbocycles. The maximum absolute atomic E-state index is 12.8. The van der Waals surface area contributed by atoms with Gasteiger partial charge in [-0.05, 0) is 116 Å². The summed E-state index contributed by atoms with van der Waals surface area (Å²) in [6.07, 6.45) is 16.2. The van der Waals surface area contributed by atoms with Gasteiger partial charge < -0.3 is 4.74 Å². The number of fused-ring (bicyclic) bond motifs is 5. The van der Waals surface area contributed by atoms with Crippen LogP contribution in [0.5, 0.6) is 5.75 Å². The first-order valence-electron chi connectivity index (χ1n) is 12.9. The zero-order chi connectivity index (χ0) is 23.2. The van der Waals surface area contributed by atoms with Crippen molar-refractivity contribution < 1.29 is 14.3 Å². The minimum Gasteiger partial charge on any atom is -0.497 e. The zero-order valence-electron chi connectivity index (χ0n) is 20.4. The van der Waals surface area contributed by atoms with Crippen LogP contribution in [0.2, 0.25) is 0 Å². The summed E-state index contributed by atoms with van der Waals surface area (Å²) in [4.78, 5) is 24.9. The number of rotatable bonds is 6. The molecule has 3 heteroatoms. The van der Waals surface area contributed by atoms with E-state index in [4.69, 9.17) is 4.74 Å². The van der Waals surface area contributed by atoms with Crippen LogP contribution in [0.15, 0.2) is 48.1 Å². The van der Waals surface area contributed by atoms with Crippen molar-refractivity contribution in [3.63, 3.8) is 0 Å². The fourth-order valence-electron chi connectivity index (χ4n) is 8.32. The van der Waals surface area contributed by atoms with E-state index in [1.165, 1.54) is 24.0 Å². The maximum Gasteiger partial charge on any atom is 0.156 e. The van der Waals surface area contributed by atoms with E-state index in [-0.39, 0.29) is 22.5 Å². The van der Waals surface area contributed by atoms with Crippen molar-refractivity contribution in [1.82, 2.24) is 0 Å². The molecule has 1 aromatic carbocycles. The average Bonchev–Trinajstić information content (AvgIpc) is 3.20. The average molecular weight is 447 g/mol. The van der Waals surface area contributed by atoms with E-state index in [0.29, 0.717) is 30.0 Å². The van der Waals surface area contributed by atoms with E-state index in [2.05, 4.69) is 31.2 Å². The van der Waals surface area contributed by atoms with Crippen molar-refractivity contribution in [2.45, 2.75) is 71.6 Å². The number of ether oxygens (including phenoxy) is 1. The molecule has 0 saturated heterocycles. The van der Waals surface area contributed by atoms with Gasteiger partial charge in [-0.3, -0.25) is 9.59 Å². The highest BCUT2D eigenvalue weighted by atomic mass is 16.5. The second-order valence-electron chi connectivity index (χ2n) is 11.3. The predicted octanol–water partition coefficient (Wildman–Crippen LogP) is 6.51. The lowest BCUT2D eigenvalue weighted by Gasteiger charge is -2.57. The molecule has 2 fully saturated rings. The monoisotopic (exact) mass is 446 g/mol. The molecule has 0 amide bonds. The first-order chi connectivity index (χ1) is 15.9. The zero-order valence-corrected chi connectivity index (χ0v) is 20.4. The summed E-state index contributed by atoms with van der Waals surface area (Å²) in [5.74, 6) is 3.53. The smallest absolute Gasteiger partial charge is 0.156 e. The first kappa shape index (κ1) is 22.6. The van der Waals surface area contributed by atoms with E-state index in [1.54, 1.807) is 7.11 Å². The number of hydrogen-bond donors (Lipinski definition) is 0. The van der Waals surface area contributed by atoms with Crippen molar-refractivity contribution in [3.05, 3.63) is 53.6 Å². The van der Waals surface area contributed by atoms with Crippen LogP contribution in [-0.4, -0.2) is 18.7 Å². The summed E-state index contributed by atoms with van der Waals surface area (Å²) < 4.78 is 5.30. The summed E-state index contributed by atoms with van der Waals surface area (Å²) in [5.41, 5.74) is 2.87. The number of methoxy groups -OCH3 is 1. The van der Waals surface area contributed by atoms with Crippen molar-refractivity contribution in [3.8, 4) is 5.75 Å². The van der Waals surface area contributed by atoms with Gasteiger partial charge in [0.05, 0.1) is 7.11 Å². The molecule has 0 N–H and O–H groups in total. The second kappa shape index (κ2) is 8.56. The molecule has 0 spiro atoms. The number of carbonyl (C=O) groups is 2. The Hall–Kier alpha value is -2.16. The van der Waals surface area contributed by atoms with E-state index >= 15 is 0 Å². The van der Waals surface area contributed by atoms with Gasteiger partial charge in [-0.25, -0.2) is 0 Å². The SMILES string of the molecule is COc1ccc(CCC[C@]23CC[C@H]4[C@@H](C=CC5=CC(=O)CC[C@@]54C)[C@@H]2CC[C@@H]3C(C)=O)cc1. The molecule has 0 bridgehead atoms. The summed E-state index contributed by atoms with van der Waals surface area (Å²) in [5, 5.41) is 0. The third-order valence-electron chi connectivity index (χ3n) is 9.99. The lowest BCUT2D eigenvalue weighted by molar-refractivity contribution is -0.128. The van der Waals surface area contributed by atoms with Gasteiger partial charge in [0.2, 0.25) is 0 Å². The van der Waals surface area contributed by atoms with Crippen LogP contribution < -0.4 is 4.74 Å². The van der Waals surface area contributed by atoms with Crippen LogP contribution >= 0.6 is 0 Å². The minimum atomic E-state index is 0.122. The van der Waals surface area contributed by atoms with Gasteiger partial charge in [-0.15, -0.1) is 0 Å². The van der Waals surface area contributed by atoms with Crippen LogP contribution in [0.4, 0.5) is 0 Å². The molecule has 176 valence electrons. The summed E-state index contributed by atoms with van der Waals surface area (Å²) in [7, 11) is 1.71. The van der Waals surface area contributed by atoms with Crippen molar-refractivity contribution in [2.24, 2.45) is 34.5 Å². The fraction of sp³-hybridized carbons (Fsp3) is 0.600. The van der Waals surface area contributed by atoms with Crippen LogP contribution in [-0.2, 0) is 16.0 Å². The van der Waals surface area contributed by atoms with Crippen LogP contribution in [0.3, 0.4) is 0 Å². The molecule has 3 nitrogen and oxygen atoms in total. The third kappa shape index (κ3) is 3.72. The Morgan fingerprint density at radius 2 is 1.88 bits per heavy atom. The topological polar surface area (TPSA) is 43.4 Å². The lowest BCUT2D eigenvalue weighted by atomic mass is 9.47. The van der Waals surface area contributed by atoms with Crippen LogP contribution in [0, 0.1) is 34.5 Å². The summed E-state index contributed by atoms with van der Waals surface area (Å²) in [6.45, 7) is 4.23. The lowest BCUT2D eigenvalue weighted by Crippen LogP contribution is -2.50. The Bertz CT molecular complexity index is 986. The standard InChI is InChI=1S/C30H38O3/c1-20(31)26-12-13-28-25-11-8-22-19-23(32)14-17-29(22,2)27(25)15-18-30(26,28)16-4-5-21-6-9-24(33-3)10-7-21/h6-11,19,25-28H,4-5,12-18H2,1-3H3/t25-,26-,27+,28+,29+,30-/m1/s1. The van der Waals surface area contributed by atoms with Gasteiger partial charge in [0, 0.05) is 12.3 Å². The van der Waals surface area contributed by atoms with Gasteiger partial charge in [0.1, 0.15) is 11.5 Å². The molecule has 0 unspecified atom stereocenters. The van der Waals surface area contributed by atoms with Gasteiger partial charge in [-0.2, -0.15) is 0 Å². The number of benzene rings is 1. The molecule has 4 aliphatic carbocycles. The highest BCUT2D eigenvalue weighted by Crippen LogP contribution is 2.66. The number of ketones is 2. The Balaban J connectivity index is 1.39. The normalized spacial score (nSPS) is 37.1. The number of hydrogen-bond acceptors (Lipinski definition) is 3. The van der Waals surface area contributed by atoms with Gasteiger partial charge in [0.15, 0.2) is 5.78 Å².